The molecule has 0 heterocycles. The van der Waals surface area contributed by atoms with Crippen LogP contribution in [-0.2, 0) is 19.1 Å². The first-order valence-corrected chi connectivity index (χ1v) is 6.48. The van der Waals surface area contributed by atoms with Crippen molar-refractivity contribution in [1.82, 2.24) is 0 Å². The second-order valence-electron chi connectivity index (χ2n) is 5.50. The van der Waals surface area contributed by atoms with Crippen LogP contribution in [0.3, 0.4) is 0 Å². The second kappa shape index (κ2) is 11.0. The smallest absolute Gasteiger partial charge is 0.303 e. The Morgan fingerprint density at radius 3 is 2.00 bits per heavy atom. The van der Waals surface area contributed by atoms with E-state index in [1.54, 1.807) is 0 Å². The van der Waals surface area contributed by atoms with Gasteiger partial charge in [0.1, 0.15) is 6.54 Å². The number of aliphatic carboxylic acids is 2. The average molecular weight is 307 g/mol. The summed E-state index contributed by atoms with van der Waals surface area (Å²) in [6.45, 7) is 1.68. The Morgan fingerprint density at radius 2 is 1.76 bits per heavy atom. The lowest BCUT2D eigenvalue weighted by molar-refractivity contribution is -0.873. The molecule has 0 saturated heterocycles. The first-order valence-electron chi connectivity index (χ1n) is 6.48. The highest BCUT2D eigenvalue weighted by Crippen LogP contribution is 2.04. The number of carbonyl (C=O) groups excluding carboxylic acids is 2. The van der Waals surface area contributed by atoms with Crippen molar-refractivity contribution in [2.75, 3.05) is 34.3 Å². The van der Waals surface area contributed by atoms with E-state index in [-0.39, 0.29) is 19.4 Å². The maximum Gasteiger partial charge on any atom is 0.303 e. The summed E-state index contributed by atoms with van der Waals surface area (Å²) >= 11 is 0. The summed E-state index contributed by atoms with van der Waals surface area (Å²) in [6.07, 6.45) is -0.446. The highest BCUT2D eigenvalue weighted by Gasteiger charge is 2.20. The number of rotatable bonds is 8. The number of carbonyl (C=O) groups is 3. The zero-order valence-corrected chi connectivity index (χ0v) is 13.0. The summed E-state index contributed by atoms with van der Waals surface area (Å²) in [5.74, 6) is -2.52. The molecule has 0 amide bonds. The number of carboxylic acids is 2. The standard InChI is InChI=1S/C9H17NO4.C4H8O3/c1-7(11)14-8(5-9(12)13)6-10(2,3)4;5-3-1-2-4(6)7/h8H,5-6H2,1-4H3;5H,1-3H2,(H,6,7)/t8-;/m1./s1. The number of aliphatic hydroxyl groups is 1. The summed E-state index contributed by atoms with van der Waals surface area (Å²) in [7, 11) is 5.68. The molecule has 2 N–H and O–H groups in total. The van der Waals surface area contributed by atoms with Gasteiger partial charge in [0.2, 0.25) is 0 Å². The quantitative estimate of drug-likeness (QED) is 0.418. The first kappa shape index (κ1) is 21.6. The van der Waals surface area contributed by atoms with Gasteiger partial charge < -0.3 is 29.3 Å². The Hall–Kier alpha value is -1.67. The Balaban J connectivity index is 0. The highest BCUT2D eigenvalue weighted by atomic mass is 16.5. The zero-order chi connectivity index (χ0) is 17.1. The molecule has 8 heteroatoms. The topological polar surface area (TPSA) is 124 Å². The van der Waals surface area contributed by atoms with Crippen molar-refractivity contribution in [3.05, 3.63) is 0 Å². The van der Waals surface area contributed by atoms with Crippen molar-refractivity contribution < 1.29 is 38.9 Å². The van der Waals surface area contributed by atoms with Crippen LogP contribution in [0.15, 0.2) is 0 Å². The third-order valence-electron chi connectivity index (χ3n) is 2.03. The predicted molar refractivity (Wildman–Crippen MR) is 72.0 cm³/mol. The van der Waals surface area contributed by atoms with E-state index >= 15 is 0 Å². The molecule has 0 aliphatic carbocycles. The van der Waals surface area contributed by atoms with E-state index in [0.717, 1.165) is 0 Å². The van der Waals surface area contributed by atoms with Crippen LogP contribution in [-0.4, -0.2) is 73.0 Å². The van der Waals surface area contributed by atoms with E-state index in [9.17, 15) is 19.5 Å². The van der Waals surface area contributed by atoms with Gasteiger partial charge in [0.25, 0.3) is 0 Å². The van der Waals surface area contributed by atoms with E-state index in [4.69, 9.17) is 14.9 Å². The molecule has 0 bridgehead atoms. The number of hydrogen-bond acceptors (Lipinski definition) is 6. The number of likely N-dealkylation sites (N-methyl/N-ethyl adjacent to an activating group) is 1. The van der Waals surface area contributed by atoms with Gasteiger partial charge in [-0.3, -0.25) is 9.59 Å². The molecule has 0 aliphatic rings. The van der Waals surface area contributed by atoms with Gasteiger partial charge in [0.05, 0.1) is 21.1 Å². The molecule has 0 aromatic rings. The number of carboxylic acid groups (broad SMARTS) is 2. The summed E-state index contributed by atoms with van der Waals surface area (Å²) in [5, 5.41) is 26.4. The minimum absolute atomic E-state index is 0.0354. The van der Waals surface area contributed by atoms with Gasteiger partial charge in [-0.2, -0.15) is 0 Å². The Labute approximate surface area is 124 Å². The van der Waals surface area contributed by atoms with Crippen LogP contribution in [0.4, 0.5) is 0 Å². The Bertz CT molecular complexity index is 320. The molecule has 8 nitrogen and oxygen atoms in total. The molecule has 0 aromatic carbocycles. The summed E-state index contributed by atoms with van der Waals surface area (Å²) in [5.41, 5.74) is 0. The summed E-state index contributed by atoms with van der Waals surface area (Å²) < 4.78 is 5.39. The Morgan fingerprint density at radius 1 is 1.24 bits per heavy atom. The largest absolute Gasteiger partial charge is 0.550 e. The molecule has 0 saturated carbocycles. The molecule has 124 valence electrons. The van der Waals surface area contributed by atoms with Crippen molar-refractivity contribution in [3.63, 3.8) is 0 Å². The predicted octanol–water partition coefficient (Wildman–Crippen LogP) is -1.39. The number of ether oxygens (including phenoxy) is 1. The SMILES string of the molecule is CC(=O)O[C@H](CC(=O)[O-])C[N+](C)(C)C.O=C(O)CCCO. The Kier molecular flexibility index (Phi) is 11.4. The van der Waals surface area contributed by atoms with Crippen LogP contribution < -0.4 is 5.11 Å². The molecule has 0 aromatic heterocycles. The van der Waals surface area contributed by atoms with Crippen LogP contribution in [0, 0.1) is 0 Å². The maximum atomic E-state index is 10.7. The summed E-state index contributed by atoms with van der Waals surface area (Å²) in [4.78, 5) is 30.7. The van der Waals surface area contributed by atoms with Crippen LogP contribution in [0.5, 0.6) is 0 Å². The van der Waals surface area contributed by atoms with Gasteiger partial charge in [-0.1, -0.05) is 0 Å². The molecule has 0 rings (SSSR count). The normalized spacial score (nSPS) is 11.9. The average Bonchev–Trinajstić information content (AvgIpc) is 2.22. The van der Waals surface area contributed by atoms with E-state index in [0.29, 0.717) is 17.4 Å². The van der Waals surface area contributed by atoms with Gasteiger partial charge in [0, 0.05) is 32.3 Å². The number of esters is 1. The number of quaternary nitrogens is 1. The number of aliphatic hydroxyl groups excluding tert-OH is 1. The zero-order valence-electron chi connectivity index (χ0n) is 13.0. The second-order valence-corrected chi connectivity index (χ2v) is 5.50. The van der Waals surface area contributed by atoms with Gasteiger partial charge in [-0.05, 0) is 6.42 Å². The molecule has 0 radical (unpaired) electrons. The molecule has 0 unspecified atom stereocenters. The molecule has 0 fully saturated rings. The fourth-order valence-corrected chi connectivity index (χ4v) is 1.41. The van der Waals surface area contributed by atoms with Crippen molar-refractivity contribution in [3.8, 4) is 0 Å². The molecule has 0 spiro atoms. The lowest BCUT2D eigenvalue weighted by Gasteiger charge is -2.28. The van der Waals surface area contributed by atoms with Gasteiger partial charge in [0.15, 0.2) is 6.10 Å². The highest BCUT2D eigenvalue weighted by molar-refractivity contribution is 5.68. The molecule has 21 heavy (non-hydrogen) atoms. The van der Waals surface area contributed by atoms with Crippen LogP contribution in [0.2, 0.25) is 0 Å². The lowest BCUT2D eigenvalue weighted by Crippen LogP contribution is -2.45. The van der Waals surface area contributed by atoms with E-state index < -0.39 is 24.0 Å². The number of hydrogen-bond donors (Lipinski definition) is 2. The van der Waals surface area contributed by atoms with Gasteiger partial charge >= 0.3 is 11.9 Å². The first-order chi connectivity index (χ1) is 9.47. The fourth-order valence-electron chi connectivity index (χ4n) is 1.41. The van der Waals surface area contributed by atoms with E-state index in [1.807, 2.05) is 21.1 Å². The third kappa shape index (κ3) is 20.8. The van der Waals surface area contributed by atoms with Crippen LogP contribution in [0.25, 0.3) is 0 Å². The number of nitrogens with zero attached hydrogens (tertiary/aromatic N) is 1. The molecular formula is C13H25NO7. The van der Waals surface area contributed by atoms with Crippen molar-refractivity contribution >= 4 is 17.9 Å². The minimum atomic E-state index is -1.20. The van der Waals surface area contributed by atoms with Crippen LogP contribution in [0.1, 0.15) is 26.2 Å². The van der Waals surface area contributed by atoms with Crippen LogP contribution >= 0.6 is 0 Å². The third-order valence-corrected chi connectivity index (χ3v) is 2.03. The molecular weight excluding hydrogens is 282 g/mol. The molecule has 1 atom stereocenters. The van der Waals surface area contributed by atoms with Crippen molar-refractivity contribution in [2.24, 2.45) is 0 Å². The fraction of sp³-hybridized carbons (Fsp3) is 0.769. The van der Waals surface area contributed by atoms with Gasteiger partial charge in [-0.25, -0.2) is 0 Å². The minimum Gasteiger partial charge on any atom is -0.550 e. The van der Waals surface area contributed by atoms with E-state index in [2.05, 4.69) is 0 Å². The maximum absolute atomic E-state index is 10.7. The van der Waals surface area contributed by atoms with Gasteiger partial charge in [-0.15, -0.1) is 0 Å². The molecule has 0 aliphatic heterocycles. The lowest BCUT2D eigenvalue weighted by atomic mass is 10.2. The monoisotopic (exact) mass is 307 g/mol. The van der Waals surface area contributed by atoms with Crippen molar-refractivity contribution in [2.45, 2.75) is 32.3 Å². The summed E-state index contributed by atoms with van der Waals surface area (Å²) in [6, 6.07) is 0. The van der Waals surface area contributed by atoms with E-state index in [1.165, 1.54) is 6.92 Å². The van der Waals surface area contributed by atoms with Crippen molar-refractivity contribution in [1.29, 1.82) is 0 Å².